The van der Waals surface area contributed by atoms with Gasteiger partial charge in [0, 0.05) is 17.5 Å². The number of nitrogens with one attached hydrogen (secondary N) is 2. The first-order valence-electron chi connectivity index (χ1n) is 9.47. The van der Waals surface area contributed by atoms with Gasteiger partial charge in [0.05, 0.1) is 27.7 Å². The predicted octanol–water partition coefficient (Wildman–Crippen LogP) is 3.06. The van der Waals surface area contributed by atoms with Crippen molar-refractivity contribution in [2.45, 2.75) is 45.7 Å². The summed E-state index contributed by atoms with van der Waals surface area (Å²) in [4.78, 5) is 32.1. The van der Waals surface area contributed by atoms with Gasteiger partial charge in [-0.1, -0.05) is 0 Å². The van der Waals surface area contributed by atoms with Crippen LogP contribution in [0.2, 0.25) is 0 Å². The number of thiophene rings is 1. The minimum atomic E-state index is -0.503. The van der Waals surface area contributed by atoms with Crippen LogP contribution in [0.3, 0.4) is 0 Å². The summed E-state index contributed by atoms with van der Waals surface area (Å²) in [7, 11) is 0. The zero-order valence-corrected chi connectivity index (χ0v) is 17.0. The minimum Gasteiger partial charge on any atom is -0.354 e. The largest absolute Gasteiger partial charge is 0.354 e. The molecule has 28 heavy (non-hydrogen) atoms. The van der Waals surface area contributed by atoms with Crippen molar-refractivity contribution in [2.75, 3.05) is 6.54 Å². The Balaban J connectivity index is 1.79. The van der Waals surface area contributed by atoms with E-state index in [-0.39, 0.29) is 17.9 Å². The van der Waals surface area contributed by atoms with Crippen LogP contribution in [0.4, 0.5) is 0 Å². The number of carbonyl (C=O) groups is 2. The lowest BCUT2D eigenvalue weighted by Crippen LogP contribution is -2.50. The molecule has 1 unspecified atom stereocenters. The van der Waals surface area contributed by atoms with E-state index in [2.05, 4.69) is 15.7 Å². The Hall–Kier alpha value is -2.74. The number of aryl methyl sites for hydroxylation is 1. The summed E-state index contributed by atoms with van der Waals surface area (Å²) in [5.74, 6) is -0.399. The summed E-state index contributed by atoms with van der Waals surface area (Å²) in [5.41, 5.74) is 1.92. The maximum Gasteiger partial charge on any atom is 0.252 e. The number of carbonyl (C=O) groups excluding carboxylic acids is 2. The second-order valence-corrected chi connectivity index (χ2v) is 8.63. The van der Waals surface area contributed by atoms with Gasteiger partial charge in [-0.25, -0.2) is 9.67 Å². The maximum absolute atomic E-state index is 13.1. The highest BCUT2D eigenvalue weighted by molar-refractivity contribution is 7.15. The van der Waals surface area contributed by atoms with Gasteiger partial charge in [0.1, 0.15) is 6.04 Å². The van der Waals surface area contributed by atoms with Crippen LogP contribution in [-0.4, -0.2) is 39.2 Å². The smallest absolute Gasteiger partial charge is 0.252 e. The van der Waals surface area contributed by atoms with E-state index < -0.39 is 6.04 Å². The number of fused-ring (bicyclic) bond motifs is 1. The summed E-state index contributed by atoms with van der Waals surface area (Å²) in [6.07, 6.45) is 3.18. The van der Waals surface area contributed by atoms with Crippen molar-refractivity contribution in [3.8, 4) is 10.6 Å². The van der Waals surface area contributed by atoms with Crippen molar-refractivity contribution in [3.05, 3.63) is 34.8 Å². The van der Waals surface area contributed by atoms with E-state index in [1.807, 2.05) is 37.6 Å². The number of hydrogen-bond acceptors (Lipinski definition) is 5. The Labute approximate surface area is 167 Å². The molecule has 3 aromatic rings. The van der Waals surface area contributed by atoms with Gasteiger partial charge in [0.15, 0.2) is 5.65 Å². The van der Waals surface area contributed by atoms with E-state index in [4.69, 9.17) is 4.98 Å². The molecule has 0 saturated carbocycles. The van der Waals surface area contributed by atoms with Crippen LogP contribution in [0.25, 0.3) is 21.6 Å². The van der Waals surface area contributed by atoms with E-state index in [1.165, 1.54) is 4.88 Å². The highest BCUT2D eigenvalue weighted by Crippen LogP contribution is 2.30. The molecule has 0 bridgehead atoms. The van der Waals surface area contributed by atoms with E-state index in [0.717, 1.165) is 17.0 Å². The molecule has 4 heterocycles. The lowest BCUT2D eigenvalue weighted by molar-refractivity contribution is -0.124. The average molecular weight is 398 g/mol. The van der Waals surface area contributed by atoms with Gasteiger partial charge >= 0.3 is 0 Å². The second-order valence-electron chi connectivity index (χ2n) is 7.34. The second kappa shape index (κ2) is 7.35. The highest BCUT2D eigenvalue weighted by atomic mass is 32.1. The third-order valence-electron chi connectivity index (χ3n) is 4.88. The predicted molar refractivity (Wildman–Crippen MR) is 109 cm³/mol. The molecule has 4 rings (SSSR count). The fourth-order valence-corrected chi connectivity index (χ4v) is 4.26. The molecule has 0 aromatic carbocycles. The van der Waals surface area contributed by atoms with E-state index in [1.54, 1.807) is 23.6 Å². The van der Waals surface area contributed by atoms with Crippen LogP contribution in [0.1, 0.15) is 48.0 Å². The topological polar surface area (TPSA) is 88.9 Å². The molecule has 1 atom stereocenters. The SMILES string of the molecule is Cc1ccc(-c2cc(C(=O)NC3CCCNC3=O)c3cnn(C(C)C)c3n2)s1. The highest BCUT2D eigenvalue weighted by Gasteiger charge is 2.26. The Kier molecular flexibility index (Phi) is 4.89. The van der Waals surface area contributed by atoms with E-state index >= 15 is 0 Å². The number of aromatic nitrogens is 3. The van der Waals surface area contributed by atoms with Gasteiger partial charge in [-0.15, -0.1) is 11.3 Å². The maximum atomic E-state index is 13.1. The molecule has 146 valence electrons. The van der Waals surface area contributed by atoms with Crippen LogP contribution < -0.4 is 10.6 Å². The molecule has 1 fully saturated rings. The fourth-order valence-electron chi connectivity index (χ4n) is 3.43. The molecule has 1 aliphatic heterocycles. The van der Waals surface area contributed by atoms with Crippen LogP contribution >= 0.6 is 11.3 Å². The van der Waals surface area contributed by atoms with Crippen LogP contribution in [0.5, 0.6) is 0 Å². The monoisotopic (exact) mass is 397 g/mol. The van der Waals surface area contributed by atoms with Gasteiger partial charge in [0.2, 0.25) is 5.91 Å². The van der Waals surface area contributed by atoms with Gasteiger partial charge in [-0.3, -0.25) is 9.59 Å². The zero-order valence-electron chi connectivity index (χ0n) is 16.2. The molecule has 8 heteroatoms. The minimum absolute atomic E-state index is 0.116. The number of rotatable bonds is 4. The third kappa shape index (κ3) is 3.40. The standard InChI is InChI=1S/C20H23N5O2S/c1-11(2)25-18-14(10-22-25)13(9-16(23-18)17-7-6-12(3)28-17)19(26)24-15-5-4-8-21-20(15)27/h6-7,9-11,15H,4-5,8H2,1-3H3,(H,21,27)(H,24,26). The number of piperidine rings is 1. The molecule has 1 aliphatic rings. The molecule has 0 aliphatic carbocycles. The summed E-state index contributed by atoms with van der Waals surface area (Å²) in [6.45, 7) is 6.76. The molecule has 3 aromatic heterocycles. The zero-order chi connectivity index (χ0) is 19.8. The van der Waals surface area contributed by atoms with Crippen molar-refractivity contribution in [1.82, 2.24) is 25.4 Å². The molecular formula is C20H23N5O2S. The molecule has 2 N–H and O–H groups in total. The van der Waals surface area contributed by atoms with E-state index in [9.17, 15) is 9.59 Å². The number of nitrogens with zero attached hydrogens (tertiary/aromatic N) is 3. The number of pyridine rings is 1. The molecule has 0 spiro atoms. The lowest BCUT2D eigenvalue weighted by atomic mass is 10.1. The van der Waals surface area contributed by atoms with Crippen molar-refractivity contribution >= 4 is 34.2 Å². The van der Waals surface area contributed by atoms with Crippen molar-refractivity contribution in [1.29, 1.82) is 0 Å². The quantitative estimate of drug-likeness (QED) is 0.708. The first kappa shape index (κ1) is 18.6. The Morgan fingerprint density at radius 3 is 2.89 bits per heavy atom. The van der Waals surface area contributed by atoms with Gasteiger partial charge in [-0.05, 0) is 51.8 Å². The summed E-state index contributed by atoms with van der Waals surface area (Å²) < 4.78 is 1.82. The summed E-state index contributed by atoms with van der Waals surface area (Å²) in [5, 5.41) is 10.8. The number of amides is 2. The van der Waals surface area contributed by atoms with Gasteiger partial charge in [0.25, 0.3) is 5.91 Å². The van der Waals surface area contributed by atoms with Crippen LogP contribution in [0, 0.1) is 6.92 Å². The molecular weight excluding hydrogens is 374 g/mol. The first-order chi connectivity index (χ1) is 13.4. The Morgan fingerprint density at radius 2 is 2.21 bits per heavy atom. The lowest BCUT2D eigenvalue weighted by Gasteiger charge is -2.23. The molecule has 1 saturated heterocycles. The fraction of sp³-hybridized carbons (Fsp3) is 0.400. The molecule has 0 radical (unpaired) electrons. The van der Waals surface area contributed by atoms with Crippen LogP contribution in [-0.2, 0) is 4.79 Å². The van der Waals surface area contributed by atoms with Crippen LogP contribution in [0.15, 0.2) is 24.4 Å². The normalized spacial score (nSPS) is 17.1. The van der Waals surface area contributed by atoms with Crippen molar-refractivity contribution in [2.24, 2.45) is 0 Å². The van der Waals surface area contributed by atoms with Gasteiger partial charge < -0.3 is 10.6 Å². The van der Waals surface area contributed by atoms with Crippen molar-refractivity contribution in [3.63, 3.8) is 0 Å². The van der Waals surface area contributed by atoms with E-state index in [0.29, 0.717) is 29.6 Å². The Morgan fingerprint density at radius 1 is 1.39 bits per heavy atom. The summed E-state index contributed by atoms with van der Waals surface area (Å²) >= 11 is 1.63. The van der Waals surface area contributed by atoms with Gasteiger partial charge in [-0.2, -0.15) is 5.10 Å². The number of hydrogen-bond donors (Lipinski definition) is 2. The summed E-state index contributed by atoms with van der Waals surface area (Å²) in [6, 6.07) is 5.47. The Bertz CT molecular complexity index is 1050. The van der Waals surface area contributed by atoms with Crippen molar-refractivity contribution < 1.29 is 9.59 Å². The molecule has 7 nitrogen and oxygen atoms in total. The third-order valence-corrected chi connectivity index (χ3v) is 5.91. The average Bonchev–Trinajstić information content (AvgIpc) is 3.29. The first-order valence-corrected chi connectivity index (χ1v) is 10.3. The molecule has 2 amide bonds.